The van der Waals surface area contributed by atoms with E-state index in [-0.39, 0.29) is 0 Å². The summed E-state index contributed by atoms with van der Waals surface area (Å²) < 4.78 is 27.1. The molecule has 2 heterocycles. The third kappa shape index (κ3) is 4.81. The van der Waals surface area contributed by atoms with Gasteiger partial charge in [0.2, 0.25) is 10.0 Å². The summed E-state index contributed by atoms with van der Waals surface area (Å²) in [7, 11) is 0.572. The lowest BCUT2D eigenvalue weighted by atomic mass is 9.94. The highest BCUT2D eigenvalue weighted by molar-refractivity contribution is 7.89. The monoisotopic (exact) mass is 314 g/mol. The van der Waals surface area contributed by atoms with Gasteiger partial charge in [0, 0.05) is 25.0 Å². The third-order valence-corrected chi connectivity index (χ3v) is 5.52. The first-order valence-electron chi connectivity index (χ1n) is 7.51. The van der Waals surface area contributed by atoms with Crippen LogP contribution < -0.4 is 10.0 Å². The number of H-pyrrole nitrogens is 1. The van der Waals surface area contributed by atoms with Gasteiger partial charge in [-0.1, -0.05) is 0 Å². The second-order valence-corrected chi connectivity index (χ2v) is 7.59. The minimum Gasteiger partial charge on any atom is -0.363 e. The van der Waals surface area contributed by atoms with Crippen molar-refractivity contribution in [3.8, 4) is 0 Å². The van der Waals surface area contributed by atoms with Crippen LogP contribution in [0.3, 0.4) is 0 Å². The van der Waals surface area contributed by atoms with Crippen LogP contribution in [0.15, 0.2) is 17.2 Å². The fraction of sp³-hybridized carbons (Fsp3) is 0.714. The summed E-state index contributed by atoms with van der Waals surface area (Å²) in [4.78, 5) is 5.61. The van der Waals surface area contributed by atoms with Gasteiger partial charge in [0.1, 0.15) is 0 Å². The van der Waals surface area contributed by atoms with Crippen molar-refractivity contribution >= 4 is 10.0 Å². The van der Waals surface area contributed by atoms with Crippen molar-refractivity contribution in [1.82, 2.24) is 19.9 Å². The second kappa shape index (κ2) is 7.40. The number of hydrogen-bond acceptors (Lipinski definition) is 4. The molecule has 2 rings (SSSR count). The Balaban J connectivity index is 1.80. The molecule has 0 spiro atoms. The number of hydrogen-bond donors (Lipinski definition) is 3. The van der Waals surface area contributed by atoms with Gasteiger partial charge in [-0.2, -0.15) is 0 Å². The number of nitrogens with zero attached hydrogens (tertiary/aromatic N) is 1. The van der Waals surface area contributed by atoms with Crippen LogP contribution in [0, 0.1) is 5.92 Å². The first-order valence-corrected chi connectivity index (χ1v) is 8.99. The predicted molar refractivity (Wildman–Crippen MR) is 83.6 cm³/mol. The largest absolute Gasteiger partial charge is 0.363 e. The molecule has 21 heavy (non-hydrogen) atoms. The van der Waals surface area contributed by atoms with E-state index < -0.39 is 10.0 Å². The Bertz CT molecular complexity index is 533. The van der Waals surface area contributed by atoms with Crippen LogP contribution in [0.5, 0.6) is 0 Å². The Morgan fingerprint density at radius 1 is 1.38 bits per heavy atom. The molecule has 1 saturated heterocycles. The smallest absolute Gasteiger partial charge is 0.242 e. The van der Waals surface area contributed by atoms with E-state index in [9.17, 15) is 8.42 Å². The Hall–Kier alpha value is -0.890. The van der Waals surface area contributed by atoms with Crippen molar-refractivity contribution in [2.75, 3.05) is 33.7 Å². The van der Waals surface area contributed by atoms with Crippen LogP contribution in [0.4, 0.5) is 0 Å². The van der Waals surface area contributed by atoms with Crippen molar-refractivity contribution in [2.24, 2.45) is 5.92 Å². The molecule has 0 atom stereocenters. The number of sulfonamides is 1. The number of aromatic amines is 1. The molecule has 0 bridgehead atoms. The van der Waals surface area contributed by atoms with Gasteiger partial charge in [0.15, 0.2) is 0 Å². The molecule has 0 radical (unpaired) electrons. The zero-order chi connectivity index (χ0) is 15.3. The molecule has 7 heteroatoms. The molecule has 0 amide bonds. The molecule has 1 fully saturated rings. The quantitative estimate of drug-likeness (QED) is 0.694. The fourth-order valence-corrected chi connectivity index (χ4v) is 3.76. The topological polar surface area (TPSA) is 77.2 Å². The summed E-state index contributed by atoms with van der Waals surface area (Å²) >= 11 is 0. The summed E-state index contributed by atoms with van der Waals surface area (Å²) in [6, 6.07) is 1.68. The Kier molecular flexibility index (Phi) is 5.80. The number of aromatic nitrogens is 1. The minimum absolute atomic E-state index is 0.316. The van der Waals surface area contributed by atoms with Gasteiger partial charge in [-0.15, -0.1) is 0 Å². The van der Waals surface area contributed by atoms with E-state index in [1.165, 1.54) is 0 Å². The predicted octanol–water partition coefficient (Wildman–Crippen LogP) is 0.744. The van der Waals surface area contributed by atoms with E-state index in [0.717, 1.165) is 38.0 Å². The van der Waals surface area contributed by atoms with Gasteiger partial charge >= 0.3 is 0 Å². The minimum atomic E-state index is -3.39. The van der Waals surface area contributed by atoms with Crippen LogP contribution in [0.25, 0.3) is 0 Å². The van der Waals surface area contributed by atoms with Crippen molar-refractivity contribution < 1.29 is 8.42 Å². The molecule has 6 nitrogen and oxygen atoms in total. The van der Waals surface area contributed by atoms with E-state index in [1.807, 2.05) is 7.05 Å². The van der Waals surface area contributed by atoms with Crippen LogP contribution in [0.1, 0.15) is 25.0 Å². The van der Waals surface area contributed by atoms with Crippen molar-refractivity contribution in [1.29, 1.82) is 0 Å². The van der Waals surface area contributed by atoms with E-state index >= 15 is 0 Å². The van der Waals surface area contributed by atoms with Crippen molar-refractivity contribution in [3.63, 3.8) is 0 Å². The molecule has 120 valence electrons. The lowest BCUT2D eigenvalue weighted by Crippen LogP contribution is -2.32. The number of rotatable bonds is 7. The normalized spacial score (nSPS) is 18.2. The van der Waals surface area contributed by atoms with Crippen LogP contribution >= 0.6 is 0 Å². The summed E-state index contributed by atoms with van der Waals surface area (Å²) in [5.74, 6) is 0.634. The molecule has 3 N–H and O–H groups in total. The lowest BCUT2D eigenvalue weighted by Gasteiger charge is -2.28. The maximum atomic E-state index is 12.2. The van der Waals surface area contributed by atoms with Crippen LogP contribution in [-0.2, 0) is 16.6 Å². The highest BCUT2D eigenvalue weighted by Crippen LogP contribution is 2.19. The van der Waals surface area contributed by atoms with E-state index in [2.05, 4.69) is 27.0 Å². The molecule has 1 aromatic rings. The Morgan fingerprint density at radius 2 is 2.10 bits per heavy atom. The van der Waals surface area contributed by atoms with Gasteiger partial charge < -0.3 is 15.2 Å². The molecule has 1 aromatic heterocycles. The average Bonchev–Trinajstić information content (AvgIpc) is 2.91. The maximum absolute atomic E-state index is 12.2. The highest BCUT2D eigenvalue weighted by Gasteiger charge is 2.19. The maximum Gasteiger partial charge on any atom is 0.242 e. The first kappa shape index (κ1) is 16.5. The molecule has 0 unspecified atom stereocenters. The molecule has 1 aliphatic heterocycles. The van der Waals surface area contributed by atoms with Crippen LogP contribution in [-0.4, -0.2) is 52.0 Å². The SMILES string of the molecule is CNCc1cc(S(=O)(=O)NCCC2CCN(C)CC2)c[nH]1. The molecule has 0 saturated carbocycles. The molecule has 1 aliphatic rings. The Labute approximate surface area is 127 Å². The van der Waals surface area contributed by atoms with Gasteiger partial charge in [-0.05, 0) is 58.4 Å². The van der Waals surface area contributed by atoms with Gasteiger partial charge in [0.25, 0.3) is 0 Å². The van der Waals surface area contributed by atoms with Crippen LogP contribution in [0.2, 0.25) is 0 Å². The standard InChI is InChI=1S/C14H26N4O2S/c1-15-10-13-9-14(11-16-13)21(19,20)17-6-3-12-4-7-18(2)8-5-12/h9,11-12,15-17H,3-8,10H2,1-2H3. The molecule has 0 aromatic carbocycles. The summed E-state index contributed by atoms with van der Waals surface area (Å²) in [5.41, 5.74) is 0.869. The zero-order valence-electron chi connectivity index (χ0n) is 12.9. The van der Waals surface area contributed by atoms with Gasteiger partial charge in [-0.3, -0.25) is 0 Å². The Morgan fingerprint density at radius 3 is 2.76 bits per heavy atom. The zero-order valence-corrected chi connectivity index (χ0v) is 13.7. The average molecular weight is 314 g/mol. The number of piperidine rings is 1. The van der Waals surface area contributed by atoms with E-state index in [4.69, 9.17) is 0 Å². The van der Waals surface area contributed by atoms with Gasteiger partial charge in [-0.25, -0.2) is 13.1 Å². The van der Waals surface area contributed by atoms with Crippen molar-refractivity contribution in [3.05, 3.63) is 18.0 Å². The summed E-state index contributed by atoms with van der Waals surface area (Å²) in [6.07, 6.45) is 4.79. The molecule has 0 aliphatic carbocycles. The molecular weight excluding hydrogens is 288 g/mol. The summed E-state index contributed by atoms with van der Waals surface area (Å²) in [6.45, 7) is 3.37. The van der Waals surface area contributed by atoms with Crippen molar-refractivity contribution in [2.45, 2.75) is 30.7 Å². The second-order valence-electron chi connectivity index (χ2n) is 5.82. The molecular formula is C14H26N4O2S. The highest BCUT2D eigenvalue weighted by atomic mass is 32.2. The number of nitrogens with one attached hydrogen (secondary N) is 3. The number of likely N-dealkylation sites (tertiary alicyclic amines) is 1. The van der Waals surface area contributed by atoms with Gasteiger partial charge in [0.05, 0.1) is 4.90 Å². The first-order chi connectivity index (χ1) is 10.0. The van der Waals surface area contributed by atoms with E-state index in [1.54, 1.807) is 12.3 Å². The van der Waals surface area contributed by atoms with E-state index in [0.29, 0.717) is 23.9 Å². The fourth-order valence-electron chi connectivity index (χ4n) is 2.70. The third-order valence-electron chi connectivity index (χ3n) is 4.08. The summed E-state index contributed by atoms with van der Waals surface area (Å²) in [5, 5.41) is 2.99. The lowest BCUT2D eigenvalue weighted by molar-refractivity contribution is 0.213.